The largest absolute Gasteiger partial charge is 0.345 e. The Balaban J connectivity index is 2.01. The van der Waals surface area contributed by atoms with Crippen LogP contribution in [-0.4, -0.2) is 24.1 Å². The molecular formula is C15H27N3S. The molecule has 0 saturated heterocycles. The first-order valence-corrected chi connectivity index (χ1v) is 8.39. The third-order valence-corrected chi connectivity index (χ3v) is 4.85. The van der Waals surface area contributed by atoms with Crippen LogP contribution in [0.1, 0.15) is 57.9 Å². The lowest BCUT2D eigenvalue weighted by Crippen LogP contribution is -2.27. The SMILES string of the molecule is CCNC(C)c1cnc(N(CCC(C)C)C2CC2)s1. The minimum Gasteiger partial charge on any atom is -0.345 e. The Kier molecular flexibility index (Phi) is 5.22. The van der Waals surface area contributed by atoms with E-state index in [1.807, 2.05) is 11.3 Å². The molecule has 0 bridgehead atoms. The zero-order chi connectivity index (χ0) is 13.8. The Bertz CT molecular complexity index is 384. The summed E-state index contributed by atoms with van der Waals surface area (Å²) in [4.78, 5) is 8.55. The summed E-state index contributed by atoms with van der Waals surface area (Å²) in [6.07, 6.45) is 6.00. The molecule has 1 heterocycles. The van der Waals surface area contributed by atoms with Gasteiger partial charge in [-0.05, 0) is 38.6 Å². The quantitative estimate of drug-likeness (QED) is 0.785. The summed E-state index contributed by atoms with van der Waals surface area (Å²) in [6, 6.07) is 1.18. The van der Waals surface area contributed by atoms with Gasteiger partial charge in [-0.1, -0.05) is 20.8 Å². The predicted octanol–water partition coefficient (Wildman–Crippen LogP) is 3.83. The first-order chi connectivity index (χ1) is 9.11. The fourth-order valence-electron chi connectivity index (χ4n) is 2.23. The Morgan fingerprint density at radius 3 is 2.74 bits per heavy atom. The normalized spacial score (nSPS) is 16.9. The Hall–Kier alpha value is -0.610. The number of rotatable bonds is 8. The monoisotopic (exact) mass is 281 g/mol. The highest BCUT2D eigenvalue weighted by atomic mass is 32.1. The van der Waals surface area contributed by atoms with E-state index < -0.39 is 0 Å². The van der Waals surface area contributed by atoms with Crippen molar-refractivity contribution in [2.75, 3.05) is 18.0 Å². The maximum Gasteiger partial charge on any atom is 0.185 e. The molecule has 1 aromatic heterocycles. The van der Waals surface area contributed by atoms with Crippen LogP contribution in [0.25, 0.3) is 0 Å². The number of anilines is 1. The lowest BCUT2D eigenvalue weighted by Gasteiger charge is -2.22. The highest BCUT2D eigenvalue weighted by molar-refractivity contribution is 7.15. The summed E-state index contributed by atoms with van der Waals surface area (Å²) in [7, 11) is 0. The number of aromatic nitrogens is 1. The van der Waals surface area contributed by atoms with E-state index in [1.165, 1.54) is 29.3 Å². The van der Waals surface area contributed by atoms with Crippen molar-refractivity contribution in [3.05, 3.63) is 11.1 Å². The maximum absolute atomic E-state index is 4.66. The van der Waals surface area contributed by atoms with Crippen molar-refractivity contribution in [3.63, 3.8) is 0 Å². The van der Waals surface area contributed by atoms with Crippen molar-refractivity contribution >= 4 is 16.5 Å². The van der Waals surface area contributed by atoms with Gasteiger partial charge in [0.2, 0.25) is 0 Å². The van der Waals surface area contributed by atoms with Gasteiger partial charge in [-0.2, -0.15) is 0 Å². The molecule has 1 N–H and O–H groups in total. The fourth-order valence-corrected chi connectivity index (χ4v) is 3.27. The zero-order valence-electron chi connectivity index (χ0n) is 12.6. The lowest BCUT2D eigenvalue weighted by atomic mass is 10.1. The molecule has 19 heavy (non-hydrogen) atoms. The van der Waals surface area contributed by atoms with Crippen molar-refractivity contribution in [1.82, 2.24) is 10.3 Å². The summed E-state index contributed by atoms with van der Waals surface area (Å²) >= 11 is 1.86. The smallest absolute Gasteiger partial charge is 0.185 e. The molecule has 0 spiro atoms. The molecule has 4 heteroatoms. The van der Waals surface area contributed by atoms with Crippen molar-refractivity contribution < 1.29 is 0 Å². The Labute approximate surface area is 121 Å². The predicted molar refractivity (Wildman–Crippen MR) is 84.0 cm³/mol. The highest BCUT2D eigenvalue weighted by Crippen LogP contribution is 2.35. The molecule has 1 saturated carbocycles. The van der Waals surface area contributed by atoms with Crippen molar-refractivity contribution in [2.45, 2.75) is 59.0 Å². The molecule has 1 aromatic rings. The lowest BCUT2D eigenvalue weighted by molar-refractivity contribution is 0.570. The maximum atomic E-state index is 4.66. The van der Waals surface area contributed by atoms with Crippen molar-refractivity contribution in [1.29, 1.82) is 0 Å². The van der Waals surface area contributed by atoms with Gasteiger partial charge in [-0.3, -0.25) is 0 Å². The second-order valence-corrected chi connectivity index (χ2v) is 6.97. The Morgan fingerprint density at radius 2 is 2.16 bits per heavy atom. The number of nitrogens with zero attached hydrogens (tertiary/aromatic N) is 2. The van der Waals surface area contributed by atoms with Crippen LogP contribution in [0.15, 0.2) is 6.20 Å². The molecule has 3 nitrogen and oxygen atoms in total. The number of nitrogens with one attached hydrogen (secondary N) is 1. The van der Waals surface area contributed by atoms with E-state index in [4.69, 9.17) is 0 Å². The van der Waals surface area contributed by atoms with E-state index >= 15 is 0 Å². The van der Waals surface area contributed by atoms with E-state index in [9.17, 15) is 0 Å². The molecule has 2 rings (SSSR count). The van der Waals surface area contributed by atoms with Crippen LogP contribution in [0, 0.1) is 5.92 Å². The Morgan fingerprint density at radius 1 is 1.42 bits per heavy atom. The second-order valence-electron chi connectivity index (χ2n) is 5.93. The average molecular weight is 281 g/mol. The van der Waals surface area contributed by atoms with Gasteiger partial charge in [0, 0.05) is 29.7 Å². The molecule has 0 radical (unpaired) electrons. The number of thiazole rings is 1. The van der Waals surface area contributed by atoms with Gasteiger partial charge in [-0.15, -0.1) is 11.3 Å². The van der Waals surface area contributed by atoms with Crippen molar-refractivity contribution in [3.8, 4) is 0 Å². The molecule has 1 aliphatic carbocycles. The minimum atomic E-state index is 0.419. The van der Waals surface area contributed by atoms with Crippen LogP contribution in [0.3, 0.4) is 0 Å². The van der Waals surface area contributed by atoms with Crippen molar-refractivity contribution in [2.24, 2.45) is 5.92 Å². The van der Waals surface area contributed by atoms with Gasteiger partial charge in [0.05, 0.1) is 0 Å². The van der Waals surface area contributed by atoms with Crippen LogP contribution in [0.4, 0.5) is 5.13 Å². The minimum absolute atomic E-state index is 0.419. The van der Waals surface area contributed by atoms with E-state index in [0.29, 0.717) is 6.04 Å². The van der Waals surface area contributed by atoms with Crippen LogP contribution in [0.5, 0.6) is 0 Å². The number of hydrogen-bond acceptors (Lipinski definition) is 4. The molecule has 108 valence electrons. The third-order valence-electron chi connectivity index (χ3n) is 3.63. The average Bonchev–Trinajstić information content (AvgIpc) is 3.06. The molecule has 0 amide bonds. The molecule has 1 atom stereocenters. The summed E-state index contributed by atoms with van der Waals surface area (Å²) in [5.74, 6) is 0.765. The van der Waals surface area contributed by atoms with Crippen LogP contribution < -0.4 is 10.2 Å². The van der Waals surface area contributed by atoms with E-state index in [1.54, 1.807) is 0 Å². The molecule has 1 aliphatic rings. The molecule has 1 fully saturated rings. The van der Waals surface area contributed by atoms with Gasteiger partial charge in [0.25, 0.3) is 0 Å². The first-order valence-electron chi connectivity index (χ1n) is 7.57. The molecule has 1 unspecified atom stereocenters. The van der Waals surface area contributed by atoms with E-state index in [-0.39, 0.29) is 0 Å². The topological polar surface area (TPSA) is 28.2 Å². The third kappa shape index (κ3) is 4.18. The zero-order valence-corrected chi connectivity index (χ0v) is 13.5. The van der Waals surface area contributed by atoms with Gasteiger partial charge in [0.15, 0.2) is 5.13 Å². The van der Waals surface area contributed by atoms with Gasteiger partial charge in [0.1, 0.15) is 0 Å². The standard InChI is InChI=1S/C15H27N3S/c1-5-16-12(4)14-10-17-15(19-14)18(13-6-7-13)9-8-11(2)3/h10-13,16H,5-9H2,1-4H3. The molecular weight excluding hydrogens is 254 g/mol. The fraction of sp³-hybridized carbons (Fsp3) is 0.800. The van der Waals surface area contributed by atoms with Gasteiger partial charge < -0.3 is 10.2 Å². The second kappa shape index (κ2) is 6.71. The summed E-state index contributed by atoms with van der Waals surface area (Å²) in [5, 5.41) is 4.69. The van der Waals surface area contributed by atoms with Crippen LogP contribution in [0.2, 0.25) is 0 Å². The molecule has 0 aromatic carbocycles. The van der Waals surface area contributed by atoms with E-state index in [2.05, 4.69) is 49.1 Å². The highest BCUT2D eigenvalue weighted by Gasteiger charge is 2.30. The molecule has 0 aliphatic heterocycles. The first kappa shape index (κ1) is 14.8. The summed E-state index contributed by atoms with van der Waals surface area (Å²) in [5.41, 5.74) is 0. The van der Waals surface area contributed by atoms with Gasteiger partial charge >= 0.3 is 0 Å². The summed E-state index contributed by atoms with van der Waals surface area (Å²) < 4.78 is 0. The summed E-state index contributed by atoms with van der Waals surface area (Å²) in [6.45, 7) is 11.1. The number of hydrogen-bond donors (Lipinski definition) is 1. The van der Waals surface area contributed by atoms with Gasteiger partial charge in [-0.25, -0.2) is 4.98 Å². The van der Waals surface area contributed by atoms with E-state index in [0.717, 1.165) is 25.0 Å². The van der Waals surface area contributed by atoms with Crippen LogP contribution in [-0.2, 0) is 0 Å². The van der Waals surface area contributed by atoms with Crippen LogP contribution >= 0.6 is 11.3 Å².